The van der Waals surface area contributed by atoms with E-state index in [4.69, 9.17) is 12.2 Å². The number of aryl methyl sites for hydroxylation is 3. The van der Waals surface area contributed by atoms with Gasteiger partial charge < -0.3 is 10.6 Å². The fourth-order valence-electron chi connectivity index (χ4n) is 2.48. The van der Waals surface area contributed by atoms with Gasteiger partial charge in [0.25, 0.3) is 0 Å². The highest BCUT2D eigenvalue weighted by Crippen LogP contribution is 2.15. The number of rotatable bonds is 5. The molecule has 0 bridgehead atoms. The van der Waals surface area contributed by atoms with Gasteiger partial charge in [-0.05, 0) is 79.9 Å². The van der Waals surface area contributed by atoms with E-state index in [1.807, 2.05) is 0 Å². The minimum Gasteiger partial charge on any atom is -0.332 e. The minimum absolute atomic E-state index is 0.617. The average molecular weight is 312 g/mol. The first-order valence-electron chi connectivity index (χ1n) is 7.82. The Morgan fingerprint density at radius 3 is 2.09 bits per heavy atom. The van der Waals surface area contributed by atoms with Crippen molar-refractivity contribution in [1.29, 1.82) is 0 Å². The summed E-state index contributed by atoms with van der Waals surface area (Å²) in [5.41, 5.74) is 5.87. The van der Waals surface area contributed by atoms with Gasteiger partial charge in [-0.25, -0.2) is 0 Å². The van der Waals surface area contributed by atoms with Crippen LogP contribution < -0.4 is 10.6 Å². The largest absolute Gasteiger partial charge is 0.332 e. The second kappa shape index (κ2) is 7.95. The first-order chi connectivity index (χ1) is 10.6. The van der Waals surface area contributed by atoms with Crippen LogP contribution >= 0.6 is 12.2 Å². The normalized spacial score (nSPS) is 10.3. The molecule has 22 heavy (non-hydrogen) atoms. The fraction of sp³-hybridized carbons (Fsp3) is 0.316. The molecule has 2 rings (SSSR count). The third-order valence-corrected chi connectivity index (χ3v) is 3.71. The standard InChI is InChI=1S/C19H24N2S/c1-4-5-6-16-7-9-17(10-8-16)20-19(22)21-18-12-14(2)11-15(3)13-18/h7-13H,4-6H2,1-3H3,(H2,20,21,22). The third-order valence-electron chi connectivity index (χ3n) is 3.51. The molecule has 0 unspecified atom stereocenters. The molecule has 0 aromatic heterocycles. The fourth-order valence-corrected chi connectivity index (χ4v) is 2.71. The van der Waals surface area contributed by atoms with Gasteiger partial charge in [-0.3, -0.25) is 0 Å². The van der Waals surface area contributed by atoms with E-state index in [-0.39, 0.29) is 0 Å². The van der Waals surface area contributed by atoms with Gasteiger partial charge in [-0.15, -0.1) is 0 Å². The lowest BCUT2D eigenvalue weighted by Gasteiger charge is -2.12. The lowest BCUT2D eigenvalue weighted by molar-refractivity contribution is 0.795. The second-order valence-electron chi connectivity index (χ2n) is 5.76. The van der Waals surface area contributed by atoms with Gasteiger partial charge in [0.15, 0.2) is 5.11 Å². The zero-order chi connectivity index (χ0) is 15.9. The van der Waals surface area contributed by atoms with E-state index < -0.39 is 0 Å². The molecule has 0 spiro atoms. The van der Waals surface area contributed by atoms with Gasteiger partial charge in [0, 0.05) is 11.4 Å². The summed E-state index contributed by atoms with van der Waals surface area (Å²) >= 11 is 5.39. The number of unbranched alkanes of at least 4 members (excludes halogenated alkanes) is 1. The molecule has 0 heterocycles. The van der Waals surface area contributed by atoms with Crippen molar-refractivity contribution in [3.05, 3.63) is 59.2 Å². The number of benzene rings is 2. The maximum Gasteiger partial charge on any atom is 0.175 e. The molecule has 0 atom stereocenters. The van der Waals surface area contributed by atoms with Crippen molar-refractivity contribution >= 4 is 28.7 Å². The van der Waals surface area contributed by atoms with Crippen molar-refractivity contribution in [2.75, 3.05) is 10.6 Å². The molecule has 0 saturated heterocycles. The quantitative estimate of drug-likeness (QED) is 0.717. The Morgan fingerprint density at radius 2 is 1.50 bits per heavy atom. The van der Waals surface area contributed by atoms with Gasteiger partial charge in [0.05, 0.1) is 0 Å². The number of thiocarbonyl (C=S) groups is 1. The topological polar surface area (TPSA) is 24.1 Å². The van der Waals surface area contributed by atoms with Crippen molar-refractivity contribution in [3.8, 4) is 0 Å². The Balaban J connectivity index is 1.93. The summed E-state index contributed by atoms with van der Waals surface area (Å²) in [5.74, 6) is 0. The van der Waals surface area contributed by atoms with Crippen molar-refractivity contribution in [2.24, 2.45) is 0 Å². The Labute approximate surface area is 139 Å². The summed E-state index contributed by atoms with van der Waals surface area (Å²) in [6, 6.07) is 14.8. The van der Waals surface area contributed by atoms with Crippen LogP contribution in [0.1, 0.15) is 36.5 Å². The molecule has 2 aromatic rings. The van der Waals surface area contributed by atoms with Crippen molar-refractivity contribution in [3.63, 3.8) is 0 Å². The van der Waals surface area contributed by atoms with E-state index in [9.17, 15) is 0 Å². The maximum absolute atomic E-state index is 5.39. The summed E-state index contributed by atoms with van der Waals surface area (Å²) in [4.78, 5) is 0. The van der Waals surface area contributed by atoms with E-state index in [0.29, 0.717) is 5.11 Å². The molecular weight excluding hydrogens is 288 g/mol. The minimum atomic E-state index is 0.617. The summed E-state index contributed by atoms with van der Waals surface area (Å²) in [6.07, 6.45) is 3.60. The Hall–Kier alpha value is -1.87. The lowest BCUT2D eigenvalue weighted by Crippen LogP contribution is -2.19. The molecule has 3 heteroatoms. The smallest absolute Gasteiger partial charge is 0.175 e. The Bertz CT molecular complexity index is 612. The van der Waals surface area contributed by atoms with Crippen molar-refractivity contribution < 1.29 is 0 Å². The van der Waals surface area contributed by atoms with E-state index in [0.717, 1.165) is 17.8 Å². The highest BCUT2D eigenvalue weighted by atomic mass is 32.1. The highest BCUT2D eigenvalue weighted by molar-refractivity contribution is 7.80. The maximum atomic E-state index is 5.39. The molecule has 0 aliphatic rings. The van der Waals surface area contributed by atoms with Gasteiger partial charge in [0.2, 0.25) is 0 Å². The molecule has 2 nitrogen and oxygen atoms in total. The Kier molecular flexibility index (Phi) is 5.96. The van der Waals surface area contributed by atoms with Crippen LogP contribution in [-0.2, 0) is 6.42 Å². The average Bonchev–Trinajstić information content (AvgIpc) is 2.45. The van der Waals surface area contributed by atoms with Crippen LogP contribution in [0.3, 0.4) is 0 Å². The van der Waals surface area contributed by atoms with Crippen LogP contribution in [0.25, 0.3) is 0 Å². The predicted octanol–water partition coefficient (Wildman–Crippen LogP) is 5.45. The summed E-state index contributed by atoms with van der Waals surface area (Å²) in [5, 5.41) is 7.09. The number of nitrogens with one attached hydrogen (secondary N) is 2. The molecule has 0 aliphatic carbocycles. The second-order valence-corrected chi connectivity index (χ2v) is 6.16. The SMILES string of the molecule is CCCCc1ccc(NC(=S)Nc2cc(C)cc(C)c2)cc1. The van der Waals surface area contributed by atoms with Gasteiger partial charge in [-0.1, -0.05) is 31.5 Å². The van der Waals surface area contributed by atoms with Gasteiger partial charge in [-0.2, -0.15) is 0 Å². The molecule has 0 fully saturated rings. The highest BCUT2D eigenvalue weighted by Gasteiger charge is 2.01. The molecular formula is C19H24N2S. The molecule has 2 N–H and O–H groups in total. The van der Waals surface area contributed by atoms with E-state index in [2.05, 4.69) is 73.9 Å². The van der Waals surface area contributed by atoms with Gasteiger partial charge in [0.1, 0.15) is 0 Å². The first kappa shape index (κ1) is 16.5. The van der Waals surface area contributed by atoms with Crippen LogP contribution in [0, 0.1) is 13.8 Å². The Morgan fingerprint density at radius 1 is 0.909 bits per heavy atom. The van der Waals surface area contributed by atoms with Crippen molar-refractivity contribution in [1.82, 2.24) is 0 Å². The van der Waals surface area contributed by atoms with Crippen LogP contribution in [0.2, 0.25) is 0 Å². The first-order valence-corrected chi connectivity index (χ1v) is 8.23. The number of hydrogen-bond acceptors (Lipinski definition) is 1. The van der Waals surface area contributed by atoms with Crippen LogP contribution in [0.5, 0.6) is 0 Å². The number of anilines is 2. The molecule has 0 saturated carbocycles. The summed E-state index contributed by atoms with van der Waals surface area (Å²) in [7, 11) is 0. The van der Waals surface area contributed by atoms with Gasteiger partial charge >= 0.3 is 0 Å². The zero-order valence-corrected chi connectivity index (χ0v) is 14.4. The van der Waals surface area contributed by atoms with Crippen LogP contribution in [0.4, 0.5) is 11.4 Å². The lowest BCUT2D eigenvalue weighted by atomic mass is 10.1. The predicted molar refractivity (Wildman–Crippen MR) is 101 cm³/mol. The molecule has 116 valence electrons. The summed E-state index contributed by atoms with van der Waals surface area (Å²) in [6.45, 7) is 6.39. The molecule has 0 radical (unpaired) electrons. The van der Waals surface area contributed by atoms with Crippen LogP contribution in [-0.4, -0.2) is 5.11 Å². The molecule has 0 amide bonds. The van der Waals surface area contributed by atoms with E-state index in [1.54, 1.807) is 0 Å². The van der Waals surface area contributed by atoms with E-state index in [1.165, 1.54) is 29.5 Å². The molecule has 2 aromatic carbocycles. The monoisotopic (exact) mass is 312 g/mol. The van der Waals surface area contributed by atoms with Crippen molar-refractivity contribution in [2.45, 2.75) is 40.0 Å². The molecule has 0 aliphatic heterocycles. The number of hydrogen-bond donors (Lipinski definition) is 2. The third kappa shape index (κ3) is 5.15. The van der Waals surface area contributed by atoms with Crippen LogP contribution in [0.15, 0.2) is 42.5 Å². The van der Waals surface area contributed by atoms with E-state index >= 15 is 0 Å². The summed E-state index contributed by atoms with van der Waals surface area (Å²) < 4.78 is 0. The zero-order valence-electron chi connectivity index (χ0n) is 13.6.